The number of nitrogens with one attached hydrogen (secondary N) is 1. The van der Waals surface area contributed by atoms with Crippen LogP contribution < -0.4 is 10.1 Å². The summed E-state index contributed by atoms with van der Waals surface area (Å²) < 4.78 is 10.5. The average Bonchev–Trinajstić information content (AvgIpc) is 2.68. The predicted octanol–water partition coefficient (Wildman–Crippen LogP) is 3.43. The summed E-state index contributed by atoms with van der Waals surface area (Å²) >= 11 is 0. The number of amides is 1. The van der Waals surface area contributed by atoms with Gasteiger partial charge in [0.1, 0.15) is 11.3 Å². The largest absolute Gasteiger partial charge is 0.496 e. The van der Waals surface area contributed by atoms with E-state index < -0.39 is 12.1 Å². The van der Waals surface area contributed by atoms with Crippen LogP contribution in [0.15, 0.2) is 48.5 Å². The van der Waals surface area contributed by atoms with Crippen LogP contribution >= 0.6 is 0 Å². The molecule has 2 aromatic carbocycles. The fraction of sp³-hybridized carbons (Fsp3) is 0.333. The van der Waals surface area contributed by atoms with E-state index in [1.165, 1.54) is 12.7 Å². The van der Waals surface area contributed by atoms with Crippen LogP contribution in [-0.4, -0.2) is 25.1 Å². The molecule has 0 saturated heterocycles. The molecule has 26 heavy (non-hydrogen) atoms. The first kappa shape index (κ1) is 18.0. The van der Waals surface area contributed by atoms with Crippen molar-refractivity contribution >= 4 is 11.9 Å². The molecule has 2 atom stereocenters. The van der Waals surface area contributed by atoms with E-state index in [0.29, 0.717) is 11.3 Å². The summed E-state index contributed by atoms with van der Waals surface area (Å²) in [4.78, 5) is 24.9. The first-order chi connectivity index (χ1) is 12.6. The van der Waals surface area contributed by atoms with Crippen molar-refractivity contribution in [2.24, 2.45) is 0 Å². The molecule has 0 aromatic heterocycles. The Labute approximate surface area is 153 Å². The van der Waals surface area contributed by atoms with Gasteiger partial charge < -0.3 is 14.8 Å². The fourth-order valence-corrected chi connectivity index (χ4v) is 3.28. The molecule has 1 amide bonds. The number of hydrogen-bond acceptors (Lipinski definition) is 4. The Morgan fingerprint density at radius 2 is 1.85 bits per heavy atom. The molecule has 1 aliphatic carbocycles. The van der Waals surface area contributed by atoms with Gasteiger partial charge in [0, 0.05) is 0 Å². The van der Waals surface area contributed by atoms with Crippen molar-refractivity contribution in [3.63, 3.8) is 0 Å². The standard InChI is InChI=1S/C21H23NO4/c1-14(26-21(24)17-11-5-6-13-19(17)25-2)20(23)22-18-12-7-9-15-8-3-4-10-16(15)18/h3-6,8,10-11,13-14,18H,7,9,12H2,1-2H3,(H,22,23)/t14-,18-/m1/s1. The van der Waals surface area contributed by atoms with E-state index in [1.807, 2.05) is 18.2 Å². The highest BCUT2D eigenvalue weighted by Crippen LogP contribution is 2.29. The highest BCUT2D eigenvalue weighted by atomic mass is 16.5. The van der Waals surface area contributed by atoms with Gasteiger partial charge in [0.05, 0.1) is 13.2 Å². The molecule has 1 aliphatic rings. The van der Waals surface area contributed by atoms with Crippen molar-refractivity contribution in [2.75, 3.05) is 7.11 Å². The molecule has 0 fully saturated rings. The lowest BCUT2D eigenvalue weighted by molar-refractivity contribution is -0.130. The van der Waals surface area contributed by atoms with Gasteiger partial charge in [-0.25, -0.2) is 4.79 Å². The Morgan fingerprint density at radius 3 is 2.65 bits per heavy atom. The Kier molecular flexibility index (Phi) is 5.56. The summed E-state index contributed by atoms with van der Waals surface area (Å²) in [5, 5.41) is 3.01. The Hall–Kier alpha value is -2.82. The maximum absolute atomic E-state index is 12.5. The third-order valence-electron chi connectivity index (χ3n) is 4.67. The van der Waals surface area contributed by atoms with Crippen molar-refractivity contribution in [3.05, 3.63) is 65.2 Å². The molecule has 2 aromatic rings. The van der Waals surface area contributed by atoms with E-state index in [-0.39, 0.29) is 11.9 Å². The second kappa shape index (κ2) is 8.04. The number of rotatable bonds is 5. The van der Waals surface area contributed by atoms with Crippen LogP contribution in [0.3, 0.4) is 0 Å². The van der Waals surface area contributed by atoms with E-state index in [0.717, 1.165) is 24.8 Å². The average molecular weight is 353 g/mol. The summed E-state index contributed by atoms with van der Waals surface area (Å²) in [7, 11) is 1.49. The molecule has 136 valence electrons. The van der Waals surface area contributed by atoms with Crippen LogP contribution in [0.25, 0.3) is 0 Å². The number of fused-ring (bicyclic) bond motifs is 1. The molecule has 0 unspecified atom stereocenters. The molecule has 0 saturated carbocycles. The van der Waals surface area contributed by atoms with Gasteiger partial charge in [-0.05, 0) is 49.4 Å². The molecule has 0 spiro atoms. The monoisotopic (exact) mass is 353 g/mol. The second-order valence-electron chi connectivity index (χ2n) is 6.40. The highest BCUT2D eigenvalue weighted by Gasteiger charge is 2.26. The first-order valence-corrected chi connectivity index (χ1v) is 8.82. The lowest BCUT2D eigenvalue weighted by Crippen LogP contribution is -2.39. The summed E-state index contributed by atoms with van der Waals surface area (Å²) in [6.07, 6.45) is 2.05. The normalized spacial score (nSPS) is 16.9. The molecule has 5 nitrogen and oxygen atoms in total. The SMILES string of the molecule is COc1ccccc1C(=O)O[C@H](C)C(=O)N[C@@H]1CCCc2ccccc21. The third-order valence-corrected chi connectivity index (χ3v) is 4.67. The molecule has 0 radical (unpaired) electrons. The zero-order valence-corrected chi connectivity index (χ0v) is 15.0. The lowest BCUT2D eigenvalue weighted by Gasteiger charge is -2.27. The molecular formula is C21H23NO4. The van der Waals surface area contributed by atoms with Gasteiger partial charge in [-0.1, -0.05) is 36.4 Å². The number of para-hydroxylation sites is 1. The number of aryl methyl sites for hydroxylation is 1. The van der Waals surface area contributed by atoms with Gasteiger partial charge in [-0.3, -0.25) is 4.79 Å². The minimum absolute atomic E-state index is 0.0418. The van der Waals surface area contributed by atoms with Crippen molar-refractivity contribution in [3.8, 4) is 5.75 Å². The van der Waals surface area contributed by atoms with E-state index in [4.69, 9.17) is 9.47 Å². The van der Waals surface area contributed by atoms with Crippen molar-refractivity contribution < 1.29 is 19.1 Å². The van der Waals surface area contributed by atoms with Gasteiger partial charge in [0.2, 0.25) is 0 Å². The summed E-state index contributed by atoms with van der Waals surface area (Å²) in [5.41, 5.74) is 2.72. The number of carbonyl (C=O) groups is 2. The molecule has 0 bridgehead atoms. The number of carbonyl (C=O) groups excluding carboxylic acids is 2. The molecule has 0 aliphatic heterocycles. The van der Waals surface area contributed by atoms with Crippen LogP contribution in [0, 0.1) is 0 Å². The topological polar surface area (TPSA) is 64.6 Å². The van der Waals surface area contributed by atoms with Crippen LogP contribution in [0.5, 0.6) is 5.75 Å². The Balaban J connectivity index is 1.65. The van der Waals surface area contributed by atoms with Crippen molar-refractivity contribution in [2.45, 2.75) is 38.3 Å². The maximum Gasteiger partial charge on any atom is 0.342 e. The zero-order valence-electron chi connectivity index (χ0n) is 15.0. The van der Waals surface area contributed by atoms with Gasteiger partial charge in [-0.2, -0.15) is 0 Å². The zero-order chi connectivity index (χ0) is 18.5. The highest BCUT2D eigenvalue weighted by molar-refractivity contribution is 5.94. The van der Waals surface area contributed by atoms with Crippen LogP contribution in [-0.2, 0) is 16.0 Å². The van der Waals surface area contributed by atoms with Gasteiger partial charge in [-0.15, -0.1) is 0 Å². The van der Waals surface area contributed by atoms with E-state index in [1.54, 1.807) is 31.2 Å². The van der Waals surface area contributed by atoms with E-state index in [9.17, 15) is 9.59 Å². The van der Waals surface area contributed by atoms with Gasteiger partial charge in [0.25, 0.3) is 5.91 Å². The number of methoxy groups -OCH3 is 1. The van der Waals surface area contributed by atoms with Crippen molar-refractivity contribution in [1.29, 1.82) is 0 Å². The van der Waals surface area contributed by atoms with E-state index >= 15 is 0 Å². The minimum atomic E-state index is -0.887. The van der Waals surface area contributed by atoms with Gasteiger partial charge in [0.15, 0.2) is 6.10 Å². The van der Waals surface area contributed by atoms with Crippen LogP contribution in [0.4, 0.5) is 0 Å². The van der Waals surface area contributed by atoms with Crippen molar-refractivity contribution in [1.82, 2.24) is 5.32 Å². The van der Waals surface area contributed by atoms with E-state index in [2.05, 4.69) is 11.4 Å². The fourth-order valence-electron chi connectivity index (χ4n) is 3.28. The molecule has 3 rings (SSSR count). The molecular weight excluding hydrogens is 330 g/mol. The second-order valence-corrected chi connectivity index (χ2v) is 6.40. The molecule has 1 N–H and O–H groups in total. The molecule has 5 heteroatoms. The summed E-state index contributed by atoms with van der Waals surface area (Å²) in [6, 6.07) is 14.9. The quantitative estimate of drug-likeness (QED) is 0.837. The Bertz CT molecular complexity index is 802. The lowest BCUT2D eigenvalue weighted by atomic mass is 9.87. The minimum Gasteiger partial charge on any atom is -0.496 e. The third kappa shape index (κ3) is 3.87. The van der Waals surface area contributed by atoms with Gasteiger partial charge >= 0.3 is 5.97 Å². The molecule has 0 heterocycles. The Morgan fingerprint density at radius 1 is 1.12 bits per heavy atom. The number of esters is 1. The number of ether oxygens (including phenoxy) is 2. The van der Waals surface area contributed by atoms with Crippen LogP contribution in [0.2, 0.25) is 0 Å². The number of hydrogen-bond donors (Lipinski definition) is 1. The first-order valence-electron chi connectivity index (χ1n) is 8.82. The number of benzene rings is 2. The van der Waals surface area contributed by atoms with Crippen LogP contribution in [0.1, 0.15) is 47.3 Å². The predicted molar refractivity (Wildman–Crippen MR) is 98.1 cm³/mol. The maximum atomic E-state index is 12.5. The summed E-state index contributed by atoms with van der Waals surface area (Å²) in [5.74, 6) is -0.449. The smallest absolute Gasteiger partial charge is 0.342 e. The summed E-state index contributed by atoms with van der Waals surface area (Å²) in [6.45, 7) is 1.58.